The molecule has 0 radical (unpaired) electrons. The van der Waals surface area contributed by atoms with Gasteiger partial charge in [-0.15, -0.1) is 0 Å². The van der Waals surface area contributed by atoms with Crippen LogP contribution >= 0.6 is 0 Å². The van der Waals surface area contributed by atoms with Crippen LogP contribution in [0, 0.1) is 18.8 Å². The number of morpholine rings is 1. The number of aromatic nitrogens is 5. The molecule has 0 amide bonds. The van der Waals surface area contributed by atoms with Crippen molar-refractivity contribution in [2.45, 2.75) is 57.4 Å². The van der Waals surface area contributed by atoms with Gasteiger partial charge in [-0.3, -0.25) is 4.68 Å². The Labute approximate surface area is 282 Å². The molecule has 1 spiro atoms. The van der Waals surface area contributed by atoms with Crippen LogP contribution in [-0.2, 0) is 27.7 Å². The van der Waals surface area contributed by atoms with E-state index in [1.165, 1.54) is 0 Å². The van der Waals surface area contributed by atoms with E-state index in [2.05, 4.69) is 28.8 Å². The number of pyridine rings is 1. The van der Waals surface area contributed by atoms with Gasteiger partial charge < -0.3 is 33.5 Å². The lowest BCUT2D eigenvalue weighted by Gasteiger charge is -2.53. The fourth-order valence-corrected chi connectivity index (χ4v) is 6.95. The van der Waals surface area contributed by atoms with Crippen molar-refractivity contribution in [1.29, 1.82) is 0 Å². The molecule has 3 fully saturated rings. The molecule has 1 aromatic carbocycles. The number of carboxylic acids is 1. The predicted molar refractivity (Wildman–Crippen MR) is 181 cm³/mol. The van der Waals surface area contributed by atoms with E-state index in [0.29, 0.717) is 67.0 Å². The largest absolute Gasteiger partial charge is 0.480 e. The first-order valence-corrected chi connectivity index (χ1v) is 16.6. The summed E-state index contributed by atoms with van der Waals surface area (Å²) in [6.45, 7) is 8.52. The van der Waals surface area contributed by atoms with Gasteiger partial charge in [0.2, 0.25) is 5.88 Å². The first-order chi connectivity index (χ1) is 23.7. The first-order valence-electron chi connectivity index (χ1n) is 16.6. The topological polar surface area (TPSA) is 141 Å². The van der Waals surface area contributed by atoms with E-state index < -0.39 is 23.7 Å². The molecule has 0 aliphatic carbocycles. The highest BCUT2D eigenvalue weighted by Crippen LogP contribution is 2.40. The van der Waals surface area contributed by atoms with Crippen LogP contribution in [0.4, 0.5) is 11.5 Å². The Morgan fingerprint density at radius 3 is 2.73 bits per heavy atom. The Morgan fingerprint density at radius 1 is 1.16 bits per heavy atom. The van der Waals surface area contributed by atoms with Gasteiger partial charge in [0.15, 0.2) is 11.4 Å². The molecule has 5 aromatic rings. The van der Waals surface area contributed by atoms with E-state index in [0.717, 1.165) is 27.9 Å². The Morgan fingerprint density at radius 2 is 2.00 bits per heavy atom. The summed E-state index contributed by atoms with van der Waals surface area (Å²) in [6, 6.07) is 8.74. The number of anilines is 2. The quantitative estimate of drug-likeness (QED) is 0.264. The minimum absolute atomic E-state index is 0.0235. The molecule has 252 valence electrons. The normalized spacial score (nSPS) is 21.6. The minimum Gasteiger partial charge on any atom is -0.480 e. The lowest BCUT2D eigenvalue weighted by molar-refractivity contribution is -0.228. The third-order valence-electron chi connectivity index (χ3n) is 10.0. The SMILES string of the molecule is CCc1nc(N2C[C@@H](Oc3ncc(C#Cc4cnn(C)c4C)cc3N3CCOC4(COC4)[C@@H]3C)C[C@H]2C(=O)O)c2oc3ccccc3c2n1. The zero-order valence-electron chi connectivity index (χ0n) is 27.8. The van der Waals surface area contributed by atoms with Crippen LogP contribution in [-0.4, -0.2) is 92.5 Å². The summed E-state index contributed by atoms with van der Waals surface area (Å²) in [5.41, 5.74) is 4.71. The van der Waals surface area contributed by atoms with Crippen LogP contribution in [0.3, 0.4) is 0 Å². The lowest BCUT2D eigenvalue weighted by Crippen LogP contribution is -2.68. The average molecular weight is 664 g/mol. The van der Waals surface area contributed by atoms with E-state index in [4.69, 9.17) is 33.6 Å². The van der Waals surface area contributed by atoms with Crippen LogP contribution in [0.5, 0.6) is 5.88 Å². The summed E-state index contributed by atoms with van der Waals surface area (Å²) in [4.78, 5) is 31.1. The van der Waals surface area contributed by atoms with E-state index in [9.17, 15) is 9.90 Å². The standard InChI is InChI=1S/C36H37N7O6/c1-5-30-39-31-26-8-6-7-9-29(26)49-32(31)33(40-30)43-18-25(15-28(43)35(44)45)48-34-27(42-12-13-47-36(22(42)3)19-46-20-36)14-23(16-37-34)10-11-24-17-38-41(4)21(24)2/h6-9,14,16-17,22,25,28H,5,12-13,15,18-20H2,1-4H3,(H,44,45)/t22-,25-,28-/m0/s1. The van der Waals surface area contributed by atoms with Gasteiger partial charge in [-0.1, -0.05) is 30.9 Å². The number of carboxylic acid groups (broad SMARTS) is 1. The van der Waals surface area contributed by atoms with Gasteiger partial charge in [-0.25, -0.2) is 19.7 Å². The van der Waals surface area contributed by atoms with Crippen molar-refractivity contribution in [2.75, 3.05) is 42.7 Å². The number of ether oxygens (including phenoxy) is 3. The van der Waals surface area contributed by atoms with Crippen molar-refractivity contribution in [3.8, 4) is 17.7 Å². The second kappa shape index (κ2) is 12.0. The van der Waals surface area contributed by atoms with E-state index in [1.54, 1.807) is 22.0 Å². The number of furan rings is 1. The number of benzene rings is 1. The molecule has 3 saturated heterocycles. The summed E-state index contributed by atoms with van der Waals surface area (Å²) in [7, 11) is 1.89. The number of hydrogen-bond acceptors (Lipinski definition) is 11. The monoisotopic (exact) mass is 663 g/mol. The number of aliphatic carboxylic acids is 1. The second-order valence-corrected chi connectivity index (χ2v) is 12.9. The molecule has 13 nitrogen and oxygen atoms in total. The molecule has 0 unspecified atom stereocenters. The Kier molecular flexibility index (Phi) is 7.65. The summed E-state index contributed by atoms with van der Waals surface area (Å²) in [5.74, 6) is 6.99. The van der Waals surface area contributed by atoms with E-state index in [1.807, 2.05) is 51.2 Å². The molecule has 4 aromatic heterocycles. The molecule has 13 heteroatoms. The molecule has 1 N–H and O–H groups in total. The number of nitrogens with zero attached hydrogens (tertiary/aromatic N) is 7. The van der Waals surface area contributed by atoms with Gasteiger partial charge in [0.25, 0.3) is 0 Å². The van der Waals surface area contributed by atoms with Crippen LogP contribution < -0.4 is 14.5 Å². The highest BCUT2D eigenvalue weighted by molar-refractivity contribution is 6.06. The van der Waals surface area contributed by atoms with Gasteiger partial charge in [0, 0.05) is 43.6 Å². The van der Waals surface area contributed by atoms with Gasteiger partial charge in [0.05, 0.1) is 49.9 Å². The van der Waals surface area contributed by atoms with E-state index in [-0.39, 0.29) is 19.0 Å². The number of hydrogen-bond donors (Lipinski definition) is 1. The Bertz CT molecular complexity index is 2140. The number of rotatable bonds is 6. The number of fused-ring (bicyclic) bond motifs is 3. The average Bonchev–Trinajstić information content (AvgIpc) is 3.78. The fourth-order valence-electron chi connectivity index (χ4n) is 6.95. The van der Waals surface area contributed by atoms with Crippen molar-refractivity contribution in [3.63, 3.8) is 0 Å². The van der Waals surface area contributed by atoms with Gasteiger partial charge in [0.1, 0.15) is 40.4 Å². The molecule has 8 rings (SSSR count). The Balaban J connectivity index is 1.15. The Hall–Kier alpha value is -5.19. The van der Waals surface area contributed by atoms with Crippen molar-refractivity contribution in [3.05, 3.63) is 65.4 Å². The summed E-state index contributed by atoms with van der Waals surface area (Å²) >= 11 is 0. The molecule has 7 heterocycles. The smallest absolute Gasteiger partial charge is 0.326 e. The molecule has 49 heavy (non-hydrogen) atoms. The molecular formula is C36H37N7O6. The molecule has 3 atom stereocenters. The van der Waals surface area contributed by atoms with Gasteiger partial charge in [-0.2, -0.15) is 5.10 Å². The minimum atomic E-state index is -0.967. The third-order valence-corrected chi connectivity index (χ3v) is 10.0. The highest BCUT2D eigenvalue weighted by Gasteiger charge is 2.50. The third kappa shape index (κ3) is 5.32. The molecule has 3 aliphatic heterocycles. The van der Waals surface area contributed by atoms with Gasteiger partial charge >= 0.3 is 5.97 Å². The maximum Gasteiger partial charge on any atom is 0.326 e. The van der Waals surface area contributed by atoms with Crippen LogP contribution in [0.15, 0.2) is 47.1 Å². The van der Waals surface area contributed by atoms with E-state index >= 15 is 0 Å². The molecule has 0 saturated carbocycles. The van der Waals surface area contributed by atoms with Crippen molar-refractivity contribution >= 4 is 39.5 Å². The first kappa shape index (κ1) is 31.1. The fraction of sp³-hybridized carbons (Fsp3) is 0.417. The number of aryl methyl sites for hydroxylation is 2. The lowest BCUT2D eigenvalue weighted by atomic mass is 9.90. The maximum atomic E-state index is 12.7. The maximum absolute atomic E-state index is 12.7. The zero-order valence-corrected chi connectivity index (χ0v) is 27.8. The number of para-hydroxylation sites is 1. The van der Waals surface area contributed by atoms with Crippen molar-refractivity contribution in [1.82, 2.24) is 24.7 Å². The highest BCUT2D eigenvalue weighted by atomic mass is 16.6. The van der Waals surface area contributed by atoms with Crippen molar-refractivity contribution < 1.29 is 28.5 Å². The molecule has 3 aliphatic rings. The summed E-state index contributed by atoms with van der Waals surface area (Å²) in [6.07, 6.45) is 3.76. The van der Waals surface area contributed by atoms with Crippen LogP contribution in [0.2, 0.25) is 0 Å². The van der Waals surface area contributed by atoms with Crippen LogP contribution in [0.1, 0.15) is 42.9 Å². The molecular weight excluding hydrogens is 626 g/mol. The second-order valence-electron chi connectivity index (χ2n) is 12.9. The number of carbonyl (C=O) groups is 1. The summed E-state index contributed by atoms with van der Waals surface area (Å²) in [5, 5.41) is 15.6. The van der Waals surface area contributed by atoms with Gasteiger partial charge in [-0.05, 0) is 32.0 Å². The van der Waals surface area contributed by atoms with Crippen molar-refractivity contribution in [2.24, 2.45) is 7.05 Å². The molecule has 0 bridgehead atoms. The van der Waals surface area contributed by atoms with Crippen LogP contribution in [0.25, 0.3) is 22.1 Å². The summed E-state index contributed by atoms with van der Waals surface area (Å²) < 4.78 is 26.5. The predicted octanol–water partition coefficient (Wildman–Crippen LogP) is 3.88. The zero-order chi connectivity index (χ0) is 33.9.